The van der Waals surface area contributed by atoms with E-state index in [0.717, 1.165) is 11.6 Å². The van der Waals surface area contributed by atoms with Crippen molar-refractivity contribution in [3.8, 4) is 17.2 Å². The smallest absolute Gasteiger partial charge is 0.266 e. The minimum atomic E-state index is -4.33. The molecule has 0 radical (unpaired) electrons. The van der Waals surface area contributed by atoms with Crippen LogP contribution in [0.1, 0.15) is 26.3 Å². The molecule has 0 aliphatic heterocycles. The molecule has 0 aliphatic rings. The van der Waals surface area contributed by atoms with Crippen LogP contribution in [0.25, 0.3) is 6.08 Å². The summed E-state index contributed by atoms with van der Waals surface area (Å²) in [7, 11) is -0.160. The summed E-state index contributed by atoms with van der Waals surface area (Å²) in [6.07, 6.45) is 5.66. The maximum Gasteiger partial charge on any atom is 0.266 e. The molecule has 1 heterocycles. The molecule has 3 rings (SSSR count). The molecular weight excluding hydrogens is 474 g/mol. The summed E-state index contributed by atoms with van der Waals surface area (Å²) in [5, 5.41) is 0. The van der Waals surface area contributed by atoms with Crippen molar-refractivity contribution in [2.45, 2.75) is 4.90 Å². The first kappa shape index (κ1) is 25.4. The van der Waals surface area contributed by atoms with E-state index < -0.39 is 21.7 Å². The van der Waals surface area contributed by atoms with Gasteiger partial charge in [0.1, 0.15) is 22.1 Å². The van der Waals surface area contributed by atoms with E-state index in [1.165, 1.54) is 50.9 Å². The standard InChI is InChI=1S/C24H23N3O7S/c1-32-18-7-4-16(5-8-18)6-9-20(28)19-14-23(22(34-3)15-21(19)33-2)35(30,31)27-26-24(29)17-10-12-25-13-11-17/h4-15,27H,1-3H3,(H,26,29)/b9-6+. The number of pyridine rings is 1. The lowest BCUT2D eigenvalue weighted by Crippen LogP contribution is -2.41. The molecule has 0 spiro atoms. The number of nitrogens with one attached hydrogen (secondary N) is 2. The first-order valence-electron chi connectivity index (χ1n) is 10.1. The largest absolute Gasteiger partial charge is 0.497 e. The maximum atomic E-state index is 13.0. The maximum absolute atomic E-state index is 13.0. The highest BCUT2D eigenvalue weighted by atomic mass is 32.2. The van der Waals surface area contributed by atoms with Gasteiger partial charge in [0.05, 0.1) is 26.9 Å². The van der Waals surface area contributed by atoms with Crippen LogP contribution in [0.2, 0.25) is 0 Å². The average molecular weight is 498 g/mol. The van der Waals surface area contributed by atoms with Crippen LogP contribution in [0.5, 0.6) is 17.2 Å². The Hall–Kier alpha value is -4.22. The molecule has 11 heteroatoms. The third-order valence-electron chi connectivity index (χ3n) is 4.83. The number of methoxy groups -OCH3 is 3. The summed E-state index contributed by atoms with van der Waals surface area (Å²) < 4.78 is 41.5. The van der Waals surface area contributed by atoms with Gasteiger partial charge in [-0.3, -0.25) is 20.0 Å². The van der Waals surface area contributed by atoms with Gasteiger partial charge < -0.3 is 14.2 Å². The minimum absolute atomic E-state index is 0.0149. The zero-order chi connectivity index (χ0) is 25.4. The van der Waals surface area contributed by atoms with Gasteiger partial charge in [-0.2, -0.15) is 0 Å². The Labute approximate surface area is 202 Å². The number of benzene rings is 2. The monoisotopic (exact) mass is 497 g/mol. The van der Waals surface area contributed by atoms with Crippen LogP contribution in [0.15, 0.2) is 71.9 Å². The van der Waals surface area contributed by atoms with E-state index in [4.69, 9.17) is 14.2 Å². The van der Waals surface area contributed by atoms with Crippen molar-refractivity contribution >= 4 is 27.8 Å². The number of ketones is 1. The van der Waals surface area contributed by atoms with Crippen molar-refractivity contribution in [1.82, 2.24) is 15.2 Å². The number of hydrazine groups is 1. The summed E-state index contributed by atoms with van der Waals surface area (Å²) in [5.41, 5.74) is 3.04. The van der Waals surface area contributed by atoms with Crippen molar-refractivity contribution in [3.63, 3.8) is 0 Å². The normalized spacial score (nSPS) is 11.2. The molecule has 0 atom stereocenters. The molecule has 10 nitrogen and oxygen atoms in total. The number of carbonyl (C=O) groups is 2. The van der Waals surface area contributed by atoms with Crippen LogP contribution in [-0.4, -0.2) is 46.4 Å². The number of nitrogens with zero attached hydrogens (tertiary/aromatic N) is 1. The van der Waals surface area contributed by atoms with Crippen LogP contribution in [0, 0.1) is 0 Å². The fourth-order valence-electron chi connectivity index (χ4n) is 2.99. The molecule has 0 unspecified atom stereocenters. The third-order valence-corrected chi connectivity index (χ3v) is 6.09. The fourth-order valence-corrected chi connectivity index (χ4v) is 4.01. The van der Waals surface area contributed by atoms with E-state index in [-0.39, 0.29) is 27.5 Å². The first-order chi connectivity index (χ1) is 16.8. The van der Waals surface area contributed by atoms with E-state index in [1.807, 2.05) is 4.83 Å². The lowest BCUT2D eigenvalue weighted by molar-refractivity contribution is 0.0944. The molecule has 0 saturated carbocycles. The Kier molecular flexibility index (Phi) is 8.18. The number of aromatic nitrogens is 1. The average Bonchev–Trinajstić information content (AvgIpc) is 2.90. The van der Waals surface area contributed by atoms with E-state index >= 15 is 0 Å². The lowest BCUT2D eigenvalue weighted by atomic mass is 10.1. The SMILES string of the molecule is COc1ccc(/C=C/C(=O)c2cc(S(=O)(=O)NNC(=O)c3ccncc3)c(OC)cc2OC)cc1. The number of carbonyl (C=O) groups excluding carboxylic acids is 2. The van der Waals surface area contributed by atoms with Crippen molar-refractivity contribution in [2.75, 3.05) is 21.3 Å². The second kappa shape index (κ2) is 11.3. The number of sulfonamides is 1. The zero-order valence-corrected chi connectivity index (χ0v) is 20.0. The zero-order valence-electron chi connectivity index (χ0n) is 19.1. The highest BCUT2D eigenvalue weighted by molar-refractivity contribution is 7.89. The molecule has 1 aromatic heterocycles. The van der Waals surface area contributed by atoms with Crippen molar-refractivity contribution in [2.24, 2.45) is 0 Å². The highest BCUT2D eigenvalue weighted by Crippen LogP contribution is 2.32. The summed E-state index contributed by atoms with van der Waals surface area (Å²) in [4.78, 5) is 30.6. The molecule has 182 valence electrons. The van der Waals surface area contributed by atoms with Crippen molar-refractivity contribution in [3.05, 3.63) is 83.7 Å². The molecule has 3 aromatic rings. The number of hydrogen-bond donors (Lipinski definition) is 2. The van der Waals surface area contributed by atoms with Gasteiger partial charge in [-0.15, -0.1) is 4.83 Å². The third kappa shape index (κ3) is 6.22. The molecule has 0 bridgehead atoms. The van der Waals surface area contributed by atoms with Gasteiger partial charge in [0.15, 0.2) is 5.78 Å². The number of rotatable bonds is 10. The molecule has 1 amide bonds. The first-order valence-corrected chi connectivity index (χ1v) is 11.6. The predicted octanol–water partition coefficient (Wildman–Crippen LogP) is 2.63. The van der Waals surface area contributed by atoms with E-state index in [2.05, 4.69) is 10.4 Å². The number of allylic oxidation sites excluding steroid dienone is 1. The van der Waals surface area contributed by atoms with E-state index in [1.54, 1.807) is 37.5 Å². The molecule has 35 heavy (non-hydrogen) atoms. The van der Waals surface area contributed by atoms with Crippen LogP contribution >= 0.6 is 0 Å². The lowest BCUT2D eigenvalue weighted by Gasteiger charge is -2.15. The Morgan fingerprint density at radius 3 is 2.14 bits per heavy atom. The Morgan fingerprint density at radius 2 is 1.54 bits per heavy atom. The molecule has 2 aromatic carbocycles. The van der Waals surface area contributed by atoms with Crippen LogP contribution < -0.4 is 24.5 Å². The Morgan fingerprint density at radius 1 is 0.886 bits per heavy atom. The summed E-state index contributed by atoms with van der Waals surface area (Å²) in [5.74, 6) is -0.488. The second-order valence-corrected chi connectivity index (χ2v) is 8.62. The van der Waals surface area contributed by atoms with Gasteiger partial charge in [-0.25, -0.2) is 8.42 Å². The van der Waals surface area contributed by atoms with Gasteiger partial charge in [0.25, 0.3) is 15.9 Å². The minimum Gasteiger partial charge on any atom is -0.497 e. The Bertz CT molecular complexity index is 1340. The van der Waals surface area contributed by atoms with Crippen LogP contribution in [0.4, 0.5) is 0 Å². The van der Waals surface area contributed by atoms with E-state index in [0.29, 0.717) is 5.75 Å². The summed E-state index contributed by atoms with van der Waals surface area (Å²) in [6.45, 7) is 0. The van der Waals surface area contributed by atoms with Crippen LogP contribution in [0.3, 0.4) is 0 Å². The highest BCUT2D eigenvalue weighted by Gasteiger charge is 2.25. The van der Waals surface area contributed by atoms with Gasteiger partial charge >= 0.3 is 0 Å². The fraction of sp³-hybridized carbons (Fsp3) is 0.125. The number of hydrogen-bond acceptors (Lipinski definition) is 8. The van der Waals surface area contributed by atoms with Crippen LogP contribution in [-0.2, 0) is 10.0 Å². The quantitative estimate of drug-likeness (QED) is 0.248. The van der Waals surface area contributed by atoms with E-state index in [9.17, 15) is 18.0 Å². The molecule has 0 fully saturated rings. The van der Waals surface area contributed by atoms with Crippen molar-refractivity contribution < 1.29 is 32.2 Å². The van der Waals surface area contributed by atoms with Gasteiger partial charge in [0.2, 0.25) is 0 Å². The van der Waals surface area contributed by atoms with Crippen molar-refractivity contribution in [1.29, 1.82) is 0 Å². The topological polar surface area (TPSA) is 133 Å². The summed E-state index contributed by atoms with van der Waals surface area (Å²) >= 11 is 0. The molecule has 0 aliphatic carbocycles. The number of ether oxygens (including phenoxy) is 3. The van der Waals surface area contributed by atoms with Gasteiger partial charge in [0, 0.05) is 24.0 Å². The number of amides is 1. The molecule has 0 saturated heterocycles. The second-order valence-electron chi connectivity index (χ2n) is 6.97. The van der Waals surface area contributed by atoms with Gasteiger partial charge in [-0.1, -0.05) is 18.2 Å². The molecule has 2 N–H and O–H groups in total. The Balaban J connectivity index is 1.89. The predicted molar refractivity (Wildman–Crippen MR) is 128 cm³/mol. The van der Waals surface area contributed by atoms with Gasteiger partial charge in [-0.05, 0) is 42.0 Å². The molecular formula is C24H23N3O7S. The summed E-state index contributed by atoms with van der Waals surface area (Å²) in [6, 6.07) is 12.3.